The van der Waals surface area contributed by atoms with Crippen molar-refractivity contribution < 1.29 is 13.2 Å². The van der Waals surface area contributed by atoms with Crippen molar-refractivity contribution in [2.45, 2.75) is 24.6 Å². The van der Waals surface area contributed by atoms with Gasteiger partial charge < -0.3 is 10.6 Å². The van der Waals surface area contributed by atoms with Crippen molar-refractivity contribution in [3.63, 3.8) is 0 Å². The third kappa shape index (κ3) is 4.37. The number of amides is 2. The SMILES string of the molecule is CS(=O)(=O)Cc1cccc(NC(=O)NC2CC2)c1. The Morgan fingerprint density at radius 3 is 2.72 bits per heavy atom. The van der Waals surface area contributed by atoms with Crippen LogP contribution in [0.1, 0.15) is 18.4 Å². The Morgan fingerprint density at radius 1 is 1.39 bits per heavy atom. The Bertz CT molecular complexity index is 550. The van der Waals surface area contributed by atoms with E-state index in [9.17, 15) is 13.2 Å². The van der Waals surface area contributed by atoms with E-state index in [4.69, 9.17) is 0 Å². The van der Waals surface area contributed by atoms with Crippen LogP contribution in [-0.2, 0) is 15.6 Å². The Labute approximate surface area is 107 Å². The van der Waals surface area contributed by atoms with Gasteiger partial charge in [-0.05, 0) is 30.5 Å². The maximum Gasteiger partial charge on any atom is 0.319 e. The monoisotopic (exact) mass is 268 g/mol. The van der Waals surface area contributed by atoms with E-state index in [-0.39, 0.29) is 11.8 Å². The second-order valence-electron chi connectivity index (χ2n) is 4.64. The van der Waals surface area contributed by atoms with Crippen molar-refractivity contribution in [2.24, 2.45) is 0 Å². The van der Waals surface area contributed by atoms with Gasteiger partial charge >= 0.3 is 6.03 Å². The quantitative estimate of drug-likeness (QED) is 0.869. The lowest BCUT2D eigenvalue weighted by Crippen LogP contribution is -2.30. The Morgan fingerprint density at radius 2 is 2.11 bits per heavy atom. The van der Waals surface area contributed by atoms with Crippen LogP contribution in [0.3, 0.4) is 0 Å². The number of nitrogens with one attached hydrogen (secondary N) is 2. The molecule has 18 heavy (non-hydrogen) atoms. The lowest BCUT2D eigenvalue weighted by Gasteiger charge is -2.08. The van der Waals surface area contributed by atoms with Gasteiger partial charge in [-0.25, -0.2) is 13.2 Å². The lowest BCUT2D eigenvalue weighted by molar-refractivity contribution is 0.251. The molecule has 98 valence electrons. The molecule has 0 heterocycles. The summed E-state index contributed by atoms with van der Waals surface area (Å²) in [5, 5.41) is 5.50. The minimum Gasteiger partial charge on any atom is -0.335 e. The smallest absolute Gasteiger partial charge is 0.319 e. The number of benzene rings is 1. The van der Waals surface area contributed by atoms with Crippen molar-refractivity contribution >= 4 is 21.6 Å². The van der Waals surface area contributed by atoms with Gasteiger partial charge in [-0.3, -0.25) is 0 Å². The van der Waals surface area contributed by atoms with Crippen LogP contribution < -0.4 is 10.6 Å². The van der Waals surface area contributed by atoms with Crippen molar-refractivity contribution in [3.05, 3.63) is 29.8 Å². The second kappa shape index (κ2) is 4.97. The molecule has 1 fully saturated rings. The number of anilines is 1. The van der Waals surface area contributed by atoms with Gasteiger partial charge in [0.25, 0.3) is 0 Å². The summed E-state index contributed by atoms with van der Waals surface area (Å²) in [5.74, 6) is -0.0211. The van der Waals surface area contributed by atoms with Crippen LogP contribution in [0.5, 0.6) is 0 Å². The van der Waals surface area contributed by atoms with Crippen molar-refractivity contribution in [3.8, 4) is 0 Å². The number of hydrogen-bond acceptors (Lipinski definition) is 3. The van der Waals surface area contributed by atoms with Crippen LogP contribution in [0.4, 0.5) is 10.5 Å². The molecule has 0 radical (unpaired) electrons. The largest absolute Gasteiger partial charge is 0.335 e. The minimum atomic E-state index is -3.06. The summed E-state index contributed by atoms with van der Waals surface area (Å²) in [5.41, 5.74) is 1.27. The zero-order valence-electron chi connectivity index (χ0n) is 10.1. The standard InChI is InChI=1S/C12H16N2O3S/c1-18(16,17)8-9-3-2-4-11(7-9)14-12(15)13-10-5-6-10/h2-4,7,10H,5-6,8H2,1H3,(H2,13,14,15). The van der Waals surface area contributed by atoms with Crippen molar-refractivity contribution in [2.75, 3.05) is 11.6 Å². The summed E-state index contributed by atoms with van der Waals surface area (Å²) in [6, 6.07) is 6.92. The second-order valence-corrected chi connectivity index (χ2v) is 6.78. The summed E-state index contributed by atoms with van der Waals surface area (Å²) in [7, 11) is -3.06. The summed E-state index contributed by atoms with van der Waals surface area (Å²) >= 11 is 0. The van der Waals surface area contributed by atoms with Crippen LogP contribution in [-0.4, -0.2) is 26.7 Å². The molecule has 1 aromatic rings. The summed E-state index contributed by atoms with van der Waals surface area (Å²) in [6.45, 7) is 0. The van der Waals surface area contributed by atoms with Gasteiger partial charge in [-0.15, -0.1) is 0 Å². The van der Waals surface area contributed by atoms with E-state index in [1.54, 1.807) is 24.3 Å². The Balaban J connectivity index is 1.99. The molecule has 1 aromatic carbocycles. The highest BCUT2D eigenvalue weighted by atomic mass is 32.2. The fourth-order valence-corrected chi connectivity index (χ4v) is 2.41. The first-order chi connectivity index (χ1) is 8.42. The maximum atomic E-state index is 11.5. The molecule has 2 amide bonds. The number of sulfone groups is 1. The number of hydrogen-bond donors (Lipinski definition) is 2. The highest BCUT2D eigenvalue weighted by molar-refractivity contribution is 7.89. The van der Waals surface area contributed by atoms with E-state index in [1.807, 2.05) is 0 Å². The van der Waals surface area contributed by atoms with E-state index in [0.29, 0.717) is 17.3 Å². The third-order valence-electron chi connectivity index (χ3n) is 2.53. The first kappa shape index (κ1) is 12.9. The van der Waals surface area contributed by atoms with Crippen LogP contribution in [0, 0.1) is 0 Å². The minimum absolute atomic E-state index is 0.0211. The summed E-state index contributed by atoms with van der Waals surface area (Å²) < 4.78 is 22.4. The molecule has 0 unspecified atom stereocenters. The Hall–Kier alpha value is -1.56. The summed E-state index contributed by atoms with van der Waals surface area (Å²) in [4.78, 5) is 11.5. The van der Waals surface area contributed by atoms with Gasteiger partial charge in [-0.1, -0.05) is 12.1 Å². The van der Waals surface area contributed by atoms with E-state index < -0.39 is 9.84 Å². The van der Waals surface area contributed by atoms with Crippen molar-refractivity contribution in [1.82, 2.24) is 5.32 Å². The number of carbonyl (C=O) groups is 1. The summed E-state index contributed by atoms with van der Waals surface area (Å²) in [6.07, 6.45) is 3.25. The average Bonchev–Trinajstić information content (AvgIpc) is 2.98. The highest BCUT2D eigenvalue weighted by Gasteiger charge is 2.23. The molecule has 5 nitrogen and oxygen atoms in total. The van der Waals surface area contributed by atoms with Crippen LogP contribution in [0.15, 0.2) is 24.3 Å². The average molecular weight is 268 g/mol. The molecule has 1 saturated carbocycles. The van der Waals surface area contributed by atoms with Crippen LogP contribution in [0.2, 0.25) is 0 Å². The van der Waals surface area contributed by atoms with Gasteiger partial charge in [0.1, 0.15) is 0 Å². The predicted molar refractivity (Wildman–Crippen MR) is 70.2 cm³/mol. The van der Waals surface area contributed by atoms with E-state index >= 15 is 0 Å². The van der Waals surface area contributed by atoms with Gasteiger partial charge in [0.2, 0.25) is 0 Å². The van der Waals surface area contributed by atoms with Crippen LogP contribution >= 0.6 is 0 Å². The molecular formula is C12H16N2O3S. The molecule has 2 N–H and O–H groups in total. The number of urea groups is 1. The van der Waals surface area contributed by atoms with E-state index in [2.05, 4.69) is 10.6 Å². The molecule has 0 atom stereocenters. The molecule has 0 bridgehead atoms. The molecular weight excluding hydrogens is 252 g/mol. The fraction of sp³-hybridized carbons (Fsp3) is 0.417. The van der Waals surface area contributed by atoms with E-state index in [0.717, 1.165) is 12.8 Å². The van der Waals surface area contributed by atoms with Crippen molar-refractivity contribution in [1.29, 1.82) is 0 Å². The number of carbonyl (C=O) groups excluding carboxylic acids is 1. The lowest BCUT2D eigenvalue weighted by atomic mass is 10.2. The molecule has 1 aliphatic carbocycles. The Kier molecular flexibility index (Phi) is 3.56. The van der Waals surface area contributed by atoms with Gasteiger partial charge in [-0.2, -0.15) is 0 Å². The van der Waals surface area contributed by atoms with Gasteiger partial charge in [0, 0.05) is 18.0 Å². The maximum absolute atomic E-state index is 11.5. The first-order valence-corrected chi connectivity index (χ1v) is 7.82. The molecule has 0 spiro atoms. The normalized spacial score (nSPS) is 15.2. The van der Waals surface area contributed by atoms with Gasteiger partial charge in [0.15, 0.2) is 9.84 Å². The zero-order valence-corrected chi connectivity index (χ0v) is 11.0. The van der Waals surface area contributed by atoms with E-state index in [1.165, 1.54) is 6.26 Å². The molecule has 0 aliphatic heterocycles. The predicted octanol–water partition coefficient (Wildman–Crippen LogP) is 1.52. The molecule has 2 rings (SSSR count). The van der Waals surface area contributed by atoms with Gasteiger partial charge in [0.05, 0.1) is 5.75 Å². The molecule has 0 aromatic heterocycles. The number of rotatable bonds is 4. The molecule has 1 aliphatic rings. The third-order valence-corrected chi connectivity index (χ3v) is 3.38. The molecule has 0 saturated heterocycles. The molecule has 6 heteroatoms. The first-order valence-electron chi connectivity index (χ1n) is 5.76. The fourth-order valence-electron chi connectivity index (χ4n) is 1.62. The highest BCUT2D eigenvalue weighted by Crippen LogP contribution is 2.19. The zero-order chi connectivity index (χ0) is 13.2. The topological polar surface area (TPSA) is 75.3 Å². The van der Waals surface area contributed by atoms with Crippen LogP contribution in [0.25, 0.3) is 0 Å².